The van der Waals surface area contributed by atoms with Crippen molar-refractivity contribution in [3.05, 3.63) is 29.8 Å². The zero-order valence-corrected chi connectivity index (χ0v) is 11.2. The van der Waals surface area contributed by atoms with E-state index in [0.29, 0.717) is 5.75 Å². The van der Waals surface area contributed by atoms with Gasteiger partial charge in [0.25, 0.3) is 0 Å². The number of rotatable bonds is 5. The standard InChI is InChI=1S/C14H19NO2S/c15-12-7-5-11(6-8-12)9-18-10-14(16)17-13-3-1-2-4-13/h5-8,13H,1-4,9-10,15H2. The van der Waals surface area contributed by atoms with Crippen LogP contribution in [0.25, 0.3) is 0 Å². The van der Waals surface area contributed by atoms with Crippen LogP contribution in [-0.2, 0) is 15.3 Å². The van der Waals surface area contributed by atoms with E-state index in [-0.39, 0.29) is 12.1 Å². The molecule has 98 valence electrons. The van der Waals surface area contributed by atoms with E-state index < -0.39 is 0 Å². The Labute approximate surface area is 112 Å². The minimum atomic E-state index is -0.0812. The molecule has 4 heteroatoms. The van der Waals surface area contributed by atoms with Gasteiger partial charge in [0.15, 0.2) is 0 Å². The molecule has 1 aliphatic carbocycles. The van der Waals surface area contributed by atoms with E-state index in [1.165, 1.54) is 18.4 Å². The molecule has 1 saturated carbocycles. The van der Waals surface area contributed by atoms with Crippen molar-refractivity contribution < 1.29 is 9.53 Å². The van der Waals surface area contributed by atoms with E-state index in [1.807, 2.05) is 24.3 Å². The average molecular weight is 265 g/mol. The summed E-state index contributed by atoms with van der Waals surface area (Å²) in [5.41, 5.74) is 7.57. The first-order valence-electron chi connectivity index (χ1n) is 6.35. The minimum Gasteiger partial charge on any atom is -0.462 e. The van der Waals surface area contributed by atoms with Crippen LogP contribution in [0.15, 0.2) is 24.3 Å². The van der Waals surface area contributed by atoms with Crippen LogP contribution in [-0.4, -0.2) is 17.8 Å². The number of esters is 1. The van der Waals surface area contributed by atoms with Crippen molar-refractivity contribution in [2.45, 2.75) is 37.5 Å². The molecular formula is C14H19NO2S. The lowest BCUT2D eigenvalue weighted by Crippen LogP contribution is -2.16. The van der Waals surface area contributed by atoms with E-state index in [1.54, 1.807) is 11.8 Å². The number of ether oxygens (including phenoxy) is 1. The molecule has 0 atom stereocenters. The summed E-state index contributed by atoms with van der Waals surface area (Å²) in [6.07, 6.45) is 4.63. The maximum Gasteiger partial charge on any atom is 0.316 e. The van der Waals surface area contributed by atoms with Crippen molar-refractivity contribution in [1.29, 1.82) is 0 Å². The van der Waals surface area contributed by atoms with Crippen LogP contribution < -0.4 is 5.73 Å². The van der Waals surface area contributed by atoms with Crippen molar-refractivity contribution in [3.63, 3.8) is 0 Å². The third kappa shape index (κ3) is 4.26. The summed E-state index contributed by atoms with van der Waals surface area (Å²) >= 11 is 1.59. The highest BCUT2D eigenvalue weighted by molar-refractivity contribution is 7.99. The van der Waals surface area contributed by atoms with E-state index in [9.17, 15) is 4.79 Å². The molecule has 0 aromatic heterocycles. The van der Waals surface area contributed by atoms with Gasteiger partial charge in [0.05, 0.1) is 5.75 Å². The smallest absolute Gasteiger partial charge is 0.316 e. The molecule has 0 aliphatic heterocycles. The molecule has 0 amide bonds. The Bertz CT molecular complexity index is 385. The number of hydrogen-bond donors (Lipinski definition) is 1. The Hall–Kier alpha value is -1.16. The summed E-state index contributed by atoms with van der Waals surface area (Å²) in [4.78, 5) is 11.6. The van der Waals surface area contributed by atoms with Gasteiger partial charge in [-0.1, -0.05) is 12.1 Å². The molecule has 3 nitrogen and oxygen atoms in total. The monoisotopic (exact) mass is 265 g/mol. The summed E-state index contributed by atoms with van der Waals surface area (Å²) in [6, 6.07) is 7.74. The van der Waals surface area contributed by atoms with E-state index in [2.05, 4.69) is 0 Å². The number of nitrogen functional groups attached to an aromatic ring is 1. The van der Waals surface area contributed by atoms with Crippen molar-refractivity contribution in [3.8, 4) is 0 Å². The van der Waals surface area contributed by atoms with Gasteiger partial charge in [-0.3, -0.25) is 4.79 Å². The molecule has 1 aromatic carbocycles. The number of carbonyl (C=O) groups is 1. The molecular weight excluding hydrogens is 246 g/mol. The molecule has 1 aliphatic rings. The van der Waals surface area contributed by atoms with Crippen LogP contribution >= 0.6 is 11.8 Å². The number of nitrogens with two attached hydrogens (primary N) is 1. The van der Waals surface area contributed by atoms with E-state index >= 15 is 0 Å². The van der Waals surface area contributed by atoms with Gasteiger partial charge in [-0.25, -0.2) is 0 Å². The van der Waals surface area contributed by atoms with Gasteiger partial charge in [-0.2, -0.15) is 0 Å². The summed E-state index contributed by atoms with van der Waals surface area (Å²) in [5.74, 6) is 1.17. The molecule has 0 radical (unpaired) electrons. The third-order valence-corrected chi connectivity index (χ3v) is 4.05. The number of carbonyl (C=O) groups excluding carboxylic acids is 1. The van der Waals surface area contributed by atoms with Crippen LogP contribution in [0.1, 0.15) is 31.2 Å². The normalized spacial score (nSPS) is 15.8. The maximum atomic E-state index is 11.6. The maximum absolute atomic E-state index is 11.6. The minimum absolute atomic E-state index is 0.0812. The highest BCUT2D eigenvalue weighted by atomic mass is 32.2. The molecule has 1 aromatic rings. The fourth-order valence-corrected chi connectivity index (χ4v) is 2.86. The highest BCUT2D eigenvalue weighted by Crippen LogP contribution is 2.22. The fourth-order valence-electron chi connectivity index (χ4n) is 2.09. The van der Waals surface area contributed by atoms with Gasteiger partial charge >= 0.3 is 5.97 Å². The Morgan fingerprint density at radius 1 is 1.28 bits per heavy atom. The van der Waals surface area contributed by atoms with Gasteiger partial charge in [-0.15, -0.1) is 11.8 Å². The molecule has 0 spiro atoms. The molecule has 18 heavy (non-hydrogen) atoms. The molecule has 1 fully saturated rings. The summed E-state index contributed by atoms with van der Waals surface area (Å²) < 4.78 is 5.39. The largest absolute Gasteiger partial charge is 0.462 e. The summed E-state index contributed by atoms with van der Waals surface area (Å²) in [6.45, 7) is 0. The predicted molar refractivity (Wildman–Crippen MR) is 75.4 cm³/mol. The zero-order valence-electron chi connectivity index (χ0n) is 10.4. The number of benzene rings is 1. The highest BCUT2D eigenvalue weighted by Gasteiger charge is 2.18. The van der Waals surface area contributed by atoms with Gasteiger partial charge in [0.1, 0.15) is 6.10 Å². The van der Waals surface area contributed by atoms with Crippen LogP contribution in [0.5, 0.6) is 0 Å². The Morgan fingerprint density at radius 3 is 2.61 bits per heavy atom. The average Bonchev–Trinajstić information content (AvgIpc) is 2.84. The van der Waals surface area contributed by atoms with Gasteiger partial charge in [0, 0.05) is 11.4 Å². The molecule has 0 bridgehead atoms. The van der Waals surface area contributed by atoms with Crippen molar-refractivity contribution in [2.24, 2.45) is 0 Å². The van der Waals surface area contributed by atoms with Gasteiger partial charge in [-0.05, 0) is 43.4 Å². The molecule has 0 saturated heterocycles. The second-order valence-corrected chi connectivity index (χ2v) is 5.62. The molecule has 2 rings (SSSR count). The van der Waals surface area contributed by atoms with Crippen LogP contribution in [0.2, 0.25) is 0 Å². The Kier molecular flexibility index (Phi) is 4.93. The SMILES string of the molecule is Nc1ccc(CSCC(=O)OC2CCCC2)cc1. The van der Waals surface area contributed by atoms with Gasteiger partial charge < -0.3 is 10.5 Å². The second kappa shape index (κ2) is 6.69. The summed E-state index contributed by atoms with van der Waals surface area (Å²) in [5, 5.41) is 0. The van der Waals surface area contributed by atoms with Crippen molar-refractivity contribution in [2.75, 3.05) is 11.5 Å². The summed E-state index contributed by atoms with van der Waals surface area (Å²) in [7, 11) is 0. The molecule has 0 unspecified atom stereocenters. The van der Waals surface area contributed by atoms with E-state index in [4.69, 9.17) is 10.5 Å². The quantitative estimate of drug-likeness (QED) is 0.657. The van der Waals surface area contributed by atoms with Crippen LogP contribution in [0.3, 0.4) is 0 Å². The van der Waals surface area contributed by atoms with Crippen LogP contribution in [0, 0.1) is 0 Å². The van der Waals surface area contributed by atoms with Crippen molar-refractivity contribution >= 4 is 23.4 Å². The Morgan fingerprint density at radius 2 is 1.94 bits per heavy atom. The van der Waals surface area contributed by atoms with Crippen molar-refractivity contribution in [1.82, 2.24) is 0 Å². The third-order valence-electron chi connectivity index (χ3n) is 3.07. The fraction of sp³-hybridized carbons (Fsp3) is 0.500. The van der Waals surface area contributed by atoms with E-state index in [0.717, 1.165) is 24.3 Å². The number of hydrogen-bond acceptors (Lipinski definition) is 4. The number of anilines is 1. The second-order valence-electron chi connectivity index (χ2n) is 4.63. The van der Waals surface area contributed by atoms with Gasteiger partial charge in [0.2, 0.25) is 0 Å². The lowest BCUT2D eigenvalue weighted by atomic mass is 10.2. The zero-order chi connectivity index (χ0) is 12.8. The van der Waals surface area contributed by atoms with Crippen LogP contribution in [0.4, 0.5) is 5.69 Å². The first-order valence-corrected chi connectivity index (χ1v) is 7.51. The Balaban J connectivity index is 1.65. The molecule has 2 N–H and O–H groups in total. The topological polar surface area (TPSA) is 52.3 Å². The molecule has 0 heterocycles. The lowest BCUT2D eigenvalue weighted by molar-refractivity contribution is -0.145. The first kappa shape index (κ1) is 13.3. The first-order chi connectivity index (χ1) is 8.74. The lowest BCUT2D eigenvalue weighted by Gasteiger charge is -2.10. The number of thioether (sulfide) groups is 1. The predicted octanol–water partition coefficient (Wildman–Crippen LogP) is 2.99.